The number of nitrogens with zero attached hydrogens (tertiary/aromatic N) is 1. The van der Waals surface area contributed by atoms with Crippen molar-refractivity contribution in [2.75, 3.05) is 10.6 Å². The molecule has 1 heterocycles. The number of rotatable bonds is 6. The summed E-state index contributed by atoms with van der Waals surface area (Å²) in [4.78, 5) is 27.4. The van der Waals surface area contributed by atoms with Crippen LogP contribution in [0.25, 0.3) is 0 Å². The summed E-state index contributed by atoms with van der Waals surface area (Å²) in [7, 11) is 0. The Morgan fingerprint density at radius 3 is 2.38 bits per heavy atom. The largest absolute Gasteiger partial charge is 0.326 e. The SMILES string of the molecule is O=C(CCc1cncc(F)c1)Nc1ccc(NC(=O)C2CC2)cc1. The fourth-order valence-electron chi connectivity index (χ4n) is 2.30. The van der Waals surface area contributed by atoms with Gasteiger partial charge in [-0.15, -0.1) is 0 Å². The normalized spacial score (nSPS) is 13.4. The Morgan fingerprint density at radius 2 is 1.75 bits per heavy atom. The van der Waals surface area contributed by atoms with Gasteiger partial charge in [-0.05, 0) is 55.2 Å². The lowest BCUT2D eigenvalue weighted by atomic mass is 10.1. The average Bonchev–Trinajstić information content (AvgIpc) is 3.40. The summed E-state index contributed by atoms with van der Waals surface area (Å²) < 4.78 is 13.0. The molecule has 0 atom stereocenters. The molecule has 24 heavy (non-hydrogen) atoms. The van der Waals surface area contributed by atoms with Crippen molar-refractivity contribution in [1.82, 2.24) is 4.98 Å². The number of hydrogen-bond donors (Lipinski definition) is 2. The topological polar surface area (TPSA) is 71.1 Å². The molecule has 0 unspecified atom stereocenters. The van der Waals surface area contributed by atoms with E-state index in [-0.39, 0.29) is 24.2 Å². The molecule has 3 rings (SSSR count). The number of carbonyl (C=O) groups excluding carboxylic acids is 2. The van der Waals surface area contributed by atoms with Crippen LogP contribution in [0.4, 0.5) is 15.8 Å². The zero-order chi connectivity index (χ0) is 16.9. The van der Waals surface area contributed by atoms with Crippen LogP contribution < -0.4 is 10.6 Å². The number of hydrogen-bond acceptors (Lipinski definition) is 3. The first-order valence-electron chi connectivity index (χ1n) is 7.90. The van der Waals surface area contributed by atoms with Crippen molar-refractivity contribution in [2.24, 2.45) is 5.92 Å². The first kappa shape index (κ1) is 16.1. The number of carbonyl (C=O) groups is 2. The summed E-state index contributed by atoms with van der Waals surface area (Å²) in [6.07, 6.45) is 5.26. The predicted molar refractivity (Wildman–Crippen MR) is 88.9 cm³/mol. The van der Waals surface area contributed by atoms with Gasteiger partial charge in [0.05, 0.1) is 6.20 Å². The average molecular weight is 327 g/mol. The van der Waals surface area contributed by atoms with Crippen LogP contribution in [0.2, 0.25) is 0 Å². The van der Waals surface area contributed by atoms with E-state index in [0.717, 1.165) is 24.7 Å². The molecular weight excluding hydrogens is 309 g/mol. The summed E-state index contributed by atoms with van der Waals surface area (Å²) in [5.41, 5.74) is 2.06. The number of benzene rings is 1. The van der Waals surface area contributed by atoms with Crippen LogP contribution in [0.1, 0.15) is 24.8 Å². The molecule has 5 nitrogen and oxygen atoms in total. The molecule has 124 valence electrons. The zero-order valence-electron chi connectivity index (χ0n) is 13.1. The second-order valence-electron chi connectivity index (χ2n) is 5.90. The van der Waals surface area contributed by atoms with Crippen LogP contribution in [0.5, 0.6) is 0 Å². The van der Waals surface area contributed by atoms with E-state index < -0.39 is 5.82 Å². The second-order valence-corrected chi connectivity index (χ2v) is 5.90. The molecule has 0 saturated heterocycles. The van der Waals surface area contributed by atoms with Crippen molar-refractivity contribution in [1.29, 1.82) is 0 Å². The van der Waals surface area contributed by atoms with Gasteiger partial charge in [-0.3, -0.25) is 14.6 Å². The molecule has 0 bridgehead atoms. The van der Waals surface area contributed by atoms with E-state index >= 15 is 0 Å². The molecule has 1 fully saturated rings. The van der Waals surface area contributed by atoms with Crippen molar-refractivity contribution >= 4 is 23.2 Å². The van der Waals surface area contributed by atoms with Gasteiger partial charge in [0.2, 0.25) is 11.8 Å². The number of aromatic nitrogens is 1. The Hall–Kier alpha value is -2.76. The maximum absolute atomic E-state index is 13.0. The van der Waals surface area contributed by atoms with Gasteiger partial charge >= 0.3 is 0 Å². The monoisotopic (exact) mass is 327 g/mol. The van der Waals surface area contributed by atoms with Gasteiger partial charge in [0, 0.05) is 29.9 Å². The van der Waals surface area contributed by atoms with Crippen LogP contribution in [-0.2, 0) is 16.0 Å². The summed E-state index contributed by atoms with van der Waals surface area (Å²) in [6.45, 7) is 0. The van der Waals surface area contributed by atoms with Gasteiger partial charge in [0.1, 0.15) is 5.82 Å². The highest BCUT2D eigenvalue weighted by Crippen LogP contribution is 2.30. The Kier molecular flexibility index (Phi) is 4.84. The first-order chi connectivity index (χ1) is 11.6. The smallest absolute Gasteiger partial charge is 0.227 e. The Labute approximate surface area is 139 Å². The molecule has 1 saturated carbocycles. The predicted octanol–water partition coefficient (Wildman–Crippen LogP) is 3.14. The molecule has 0 radical (unpaired) electrons. The van der Waals surface area contributed by atoms with Crippen LogP contribution in [-0.4, -0.2) is 16.8 Å². The molecule has 6 heteroatoms. The van der Waals surface area contributed by atoms with Gasteiger partial charge in [0.15, 0.2) is 0 Å². The highest BCUT2D eigenvalue weighted by Gasteiger charge is 2.29. The molecule has 0 aliphatic heterocycles. The summed E-state index contributed by atoms with van der Waals surface area (Å²) in [5, 5.41) is 5.62. The molecule has 1 aromatic heterocycles. The number of aryl methyl sites for hydroxylation is 1. The molecule has 2 amide bonds. The van der Waals surface area contributed by atoms with E-state index in [0.29, 0.717) is 17.7 Å². The highest BCUT2D eigenvalue weighted by molar-refractivity contribution is 5.95. The van der Waals surface area contributed by atoms with E-state index in [1.165, 1.54) is 6.07 Å². The number of amides is 2. The first-order valence-corrected chi connectivity index (χ1v) is 7.90. The van der Waals surface area contributed by atoms with Gasteiger partial charge in [-0.2, -0.15) is 0 Å². The lowest BCUT2D eigenvalue weighted by Crippen LogP contribution is -2.14. The fraction of sp³-hybridized carbons (Fsp3) is 0.278. The van der Waals surface area contributed by atoms with Crippen molar-refractivity contribution in [3.05, 3.63) is 54.1 Å². The molecule has 0 spiro atoms. The van der Waals surface area contributed by atoms with Crippen molar-refractivity contribution in [2.45, 2.75) is 25.7 Å². The van der Waals surface area contributed by atoms with Gasteiger partial charge in [-0.1, -0.05) is 0 Å². The number of pyridine rings is 1. The third-order valence-corrected chi connectivity index (χ3v) is 3.79. The standard InChI is InChI=1S/C18H18FN3O2/c19-14-9-12(10-20-11-14)1-8-17(23)21-15-4-6-16(7-5-15)22-18(24)13-2-3-13/h4-7,9-11,13H,1-3,8H2,(H,21,23)(H,22,24). The molecule has 2 N–H and O–H groups in total. The third kappa shape index (κ3) is 4.62. The van der Waals surface area contributed by atoms with E-state index in [1.54, 1.807) is 30.5 Å². The summed E-state index contributed by atoms with van der Waals surface area (Å²) in [5.74, 6) is -0.358. The lowest BCUT2D eigenvalue weighted by Gasteiger charge is -2.08. The van der Waals surface area contributed by atoms with Crippen LogP contribution in [0, 0.1) is 11.7 Å². The quantitative estimate of drug-likeness (QED) is 0.856. The Balaban J connectivity index is 1.48. The minimum Gasteiger partial charge on any atom is -0.326 e. The zero-order valence-corrected chi connectivity index (χ0v) is 13.1. The molecule has 1 aromatic carbocycles. The van der Waals surface area contributed by atoms with E-state index in [9.17, 15) is 14.0 Å². The van der Waals surface area contributed by atoms with Gasteiger partial charge < -0.3 is 10.6 Å². The lowest BCUT2D eigenvalue weighted by molar-refractivity contribution is -0.117. The van der Waals surface area contributed by atoms with Crippen LogP contribution in [0.3, 0.4) is 0 Å². The van der Waals surface area contributed by atoms with Crippen LogP contribution >= 0.6 is 0 Å². The van der Waals surface area contributed by atoms with Crippen molar-refractivity contribution in [3.63, 3.8) is 0 Å². The van der Waals surface area contributed by atoms with Gasteiger partial charge in [-0.25, -0.2) is 4.39 Å². The molecule has 1 aliphatic carbocycles. The number of halogens is 1. The van der Waals surface area contributed by atoms with E-state index in [4.69, 9.17) is 0 Å². The minimum atomic E-state index is -0.406. The van der Waals surface area contributed by atoms with Crippen molar-refractivity contribution < 1.29 is 14.0 Å². The maximum Gasteiger partial charge on any atom is 0.227 e. The summed E-state index contributed by atoms with van der Waals surface area (Å²) >= 11 is 0. The van der Waals surface area contributed by atoms with Gasteiger partial charge in [0.25, 0.3) is 0 Å². The maximum atomic E-state index is 13.0. The minimum absolute atomic E-state index is 0.0514. The second kappa shape index (κ2) is 7.21. The van der Waals surface area contributed by atoms with E-state index in [2.05, 4.69) is 15.6 Å². The van der Waals surface area contributed by atoms with Crippen molar-refractivity contribution in [3.8, 4) is 0 Å². The Morgan fingerprint density at radius 1 is 1.08 bits per heavy atom. The number of nitrogens with one attached hydrogen (secondary N) is 2. The summed E-state index contributed by atoms with van der Waals surface area (Å²) in [6, 6.07) is 8.37. The molecule has 2 aromatic rings. The third-order valence-electron chi connectivity index (χ3n) is 3.79. The number of anilines is 2. The molecule has 1 aliphatic rings. The Bertz CT molecular complexity index is 742. The van der Waals surface area contributed by atoms with Crippen LogP contribution in [0.15, 0.2) is 42.7 Å². The van der Waals surface area contributed by atoms with E-state index in [1.807, 2.05) is 0 Å². The molecular formula is C18H18FN3O2. The highest BCUT2D eigenvalue weighted by atomic mass is 19.1. The fourth-order valence-corrected chi connectivity index (χ4v) is 2.30.